The number of piperazine rings is 1. The quantitative estimate of drug-likeness (QED) is 0.548. The fourth-order valence-corrected chi connectivity index (χ4v) is 3.82. The third-order valence-corrected chi connectivity index (χ3v) is 5.44. The lowest BCUT2D eigenvalue weighted by molar-refractivity contribution is -0.899. The molecule has 1 aromatic carbocycles. The molecule has 1 aromatic rings. The number of amides is 3. The third kappa shape index (κ3) is 4.91. The number of quaternary nitrogens is 1. The van der Waals surface area contributed by atoms with Crippen LogP contribution in [0.4, 0.5) is 4.79 Å². The van der Waals surface area contributed by atoms with Crippen molar-refractivity contribution in [3.05, 3.63) is 41.1 Å². The van der Waals surface area contributed by atoms with Crippen molar-refractivity contribution in [2.45, 2.75) is 19.9 Å². The standard InChI is InChI=1S/C21H28N4O5/c1-4-30-20(27)18-17(13-24-9-11-25(12-10-24)14(2)26)22-21(28)23-19(18)15-5-7-16(29-3)8-6-15/h5-8,19H,4,9-13H2,1-3H3,(H2,22,23,28)/p+1/t19-/m0/s1. The van der Waals surface area contributed by atoms with E-state index in [1.165, 1.54) is 4.90 Å². The smallest absolute Gasteiger partial charge is 0.338 e. The number of rotatable bonds is 6. The highest BCUT2D eigenvalue weighted by Crippen LogP contribution is 2.28. The summed E-state index contributed by atoms with van der Waals surface area (Å²) in [7, 11) is 1.58. The number of urea groups is 1. The summed E-state index contributed by atoms with van der Waals surface area (Å²) in [6.45, 7) is 6.83. The van der Waals surface area contributed by atoms with E-state index in [-0.39, 0.29) is 18.5 Å². The molecular weight excluding hydrogens is 388 g/mol. The number of ether oxygens (including phenoxy) is 2. The second kappa shape index (κ2) is 9.62. The third-order valence-electron chi connectivity index (χ3n) is 5.44. The van der Waals surface area contributed by atoms with Gasteiger partial charge in [-0.3, -0.25) is 4.79 Å². The lowest BCUT2D eigenvalue weighted by atomic mass is 9.94. The van der Waals surface area contributed by atoms with Crippen LogP contribution in [0, 0.1) is 0 Å². The molecule has 162 valence electrons. The van der Waals surface area contributed by atoms with Gasteiger partial charge in [-0.15, -0.1) is 0 Å². The molecule has 3 rings (SSSR count). The van der Waals surface area contributed by atoms with Crippen molar-refractivity contribution < 1.29 is 28.8 Å². The van der Waals surface area contributed by atoms with Gasteiger partial charge in [-0.25, -0.2) is 9.59 Å². The zero-order chi connectivity index (χ0) is 21.7. The minimum atomic E-state index is -0.614. The van der Waals surface area contributed by atoms with E-state index in [2.05, 4.69) is 10.6 Å². The number of methoxy groups -OCH3 is 1. The van der Waals surface area contributed by atoms with Crippen molar-refractivity contribution in [1.29, 1.82) is 0 Å². The summed E-state index contributed by atoms with van der Waals surface area (Å²) >= 11 is 0. The number of hydrogen-bond donors (Lipinski definition) is 3. The Bertz CT molecular complexity index is 828. The van der Waals surface area contributed by atoms with Crippen molar-refractivity contribution in [2.75, 3.05) is 46.4 Å². The van der Waals surface area contributed by atoms with Crippen LogP contribution in [0.5, 0.6) is 5.75 Å². The number of esters is 1. The predicted octanol–water partition coefficient (Wildman–Crippen LogP) is -0.387. The molecule has 0 radical (unpaired) electrons. The summed E-state index contributed by atoms with van der Waals surface area (Å²) in [5.74, 6) is 0.298. The molecule has 9 nitrogen and oxygen atoms in total. The molecule has 3 amide bonds. The van der Waals surface area contributed by atoms with Crippen LogP contribution in [-0.4, -0.2) is 69.2 Å². The summed E-state index contributed by atoms with van der Waals surface area (Å²) in [5.41, 5.74) is 1.73. The maximum atomic E-state index is 12.8. The van der Waals surface area contributed by atoms with Gasteiger partial charge in [0.2, 0.25) is 5.91 Å². The number of carbonyl (C=O) groups is 3. The van der Waals surface area contributed by atoms with Crippen LogP contribution in [0.2, 0.25) is 0 Å². The highest BCUT2D eigenvalue weighted by atomic mass is 16.5. The van der Waals surface area contributed by atoms with E-state index in [9.17, 15) is 14.4 Å². The Hall–Kier alpha value is -3.07. The first kappa shape index (κ1) is 21.6. The van der Waals surface area contributed by atoms with Gasteiger partial charge in [0, 0.05) is 6.92 Å². The second-order valence-corrected chi connectivity index (χ2v) is 7.35. The fraction of sp³-hybridized carbons (Fsp3) is 0.476. The molecule has 1 fully saturated rings. The summed E-state index contributed by atoms with van der Waals surface area (Å²) in [6.07, 6.45) is 0. The summed E-state index contributed by atoms with van der Waals surface area (Å²) < 4.78 is 10.5. The molecule has 1 saturated heterocycles. The first-order chi connectivity index (χ1) is 14.4. The molecule has 0 bridgehead atoms. The largest absolute Gasteiger partial charge is 0.497 e. The van der Waals surface area contributed by atoms with Crippen molar-refractivity contribution in [2.24, 2.45) is 0 Å². The van der Waals surface area contributed by atoms with Gasteiger partial charge < -0.3 is 29.9 Å². The average Bonchev–Trinajstić information content (AvgIpc) is 2.74. The van der Waals surface area contributed by atoms with E-state index >= 15 is 0 Å². The molecule has 3 N–H and O–H groups in total. The Morgan fingerprint density at radius 1 is 1.20 bits per heavy atom. The Balaban J connectivity index is 1.89. The minimum absolute atomic E-state index is 0.0650. The maximum absolute atomic E-state index is 12.8. The summed E-state index contributed by atoms with van der Waals surface area (Å²) in [6, 6.07) is 6.25. The summed E-state index contributed by atoms with van der Waals surface area (Å²) in [4.78, 5) is 39.8. The van der Waals surface area contributed by atoms with E-state index in [4.69, 9.17) is 9.47 Å². The predicted molar refractivity (Wildman–Crippen MR) is 109 cm³/mol. The molecule has 9 heteroatoms. The molecule has 2 aliphatic rings. The van der Waals surface area contributed by atoms with Crippen LogP contribution in [0.25, 0.3) is 0 Å². The number of carbonyl (C=O) groups excluding carboxylic acids is 3. The van der Waals surface area contributed by atoms with Gasteiger partial charge >= 0.3 is 12.0 Å². The number of nitrogens with one attached hydrogen (secondary N) is 3. The Kier molecular flexibility index (Phi) is 6.94. The first-order valence-corrected chi connectivity index (χ1v) is 10.1. The van der Waals surface area contributed by atoms with Crippen molar-refractivity contribution in [3.63, 3.8) is 0 Å². The molecule has 1 atom stereocenters. The van der Waals surface area contributed by atoms with Crippen LogP contribution in [0.3, 0.4) is 0 Å². The van der Waals surface area contributed by atoms with Crippen molar-refractivity contribution in [1.82, 2.24) is 15.5 Å². The van der Waals surface area contributed by atoms with Crippen LogP contribution in [0.1, 0.15) is 25.5 Å². The zero-order valence-corrected chi connectivity index (χ0v) is 17.6. The van der Waals surface area contributed by atoms with Crippen LogP contribution >= 0.6 is 0 Å². The molecule has 0 aliphatic carbocycles. The normalized spacial score (nSPS) is 19.8. The van der Waals surface area contributed by atoms with Gasteiger partial charge in [0.25, 0.3) is 0 Å². The number of nitrogens with zero attached hydrogens (tertiary/aromatic N) is 1. The lowest BCUT2D eigenvalue weighted by Gasteiger charge is -2.34. The lowest BCUT2D eigenvalue weighted by Crippen LogP contribution is -3.15. The maximum Gasteiger partial charge on any atom is 0.338 e. The van der Waals surface area contributed by atoms with Crippen LogP contribution < -0.4 is 20.3 Å². The molecule has 30 heavy (non-hydrogen) atoms. The molecular formula is C21H29N4O5+. The zero-order valence-electron chi connectivity index (χ0n) is 17.6. The van der Waals surface area contributed by atoms with Crippen molar-refractivity contribution >= 4 is 17.9 Å². The highest BCUT2D eigenvalue weighted by molar-refractivity contribution is 5.95. The van der Waals surface area contributed by atoms with Gasteiger partial charge in [0.15, 0.2) is 0 Å². The minimum Gasteiger partial charge on any atom is -0.497 e. The Morgan fingerprint density at radius 2 is 1.87 bits per heavy atom. The first-order valence-electron chi connectivity index (χ1n) is 10.1. The molecule has 0 aromatic heterocycles. The van der Waals surface area contributed by atoms with Gasteiger partial charge in [0.05, 0.1) is 57.2 Å². The summed E-state index contributed by atoms with van der Waals surface area (Å²) in [5, 5.41) is 5.65. The van der Waals surface area contributed by atoms with E-state index < -0.39 is 12.0 Å². The topological polar surface area (TPSA) is 101 Å². The molecule has 0 spiro atoms. The van der Waals surface area contributed by atoms with Crippen molar-refractivity contribution in [3.8, 4) is 5.75 Å². The Morgan fingerprint density at radius 3 is 2.43 bits per heavy atom. The molecule has 2 heterocycles. The van der Waals surface area contributed by atoms with Gasteiger partial charge in [-0.05, 0) is 24.6 Å². The number of benzene rings is 1. The van der Waals surface area contributed by atoms with Crippen LogP contribution in [0.15, 0.2) is 35.5 Å². The molecule has 0 saturated carbocycles. The average molecular weight is 417 g/mol. The second-order valence-electron chi connectivity index (χ2n) is 7.35. The monoisotopic (exact) mass is 417 g/mol. The Labute approximate surface area is 176 Å². The van der Waals surface area contributed by atoms with Gasteiger partial charge in [-0.2, -0.15) is 0 Å². The molecule has 0 unspecified atom stereocenters. The van der Waals surface area contributed by atoms with Gasteiger partial charge in [-0.1, -0.05) is 12.1 Å². The fourth-order valence-electron chi connectivity index (χ4n) is 3.82. The van der Waals surface area contributed by atoms with E-state index in [0.29, 0.717) is 36.7 Å². The van der Waals surface area contributed by atoms with Gasteiger partial charge in [0.1, 0.15) is 12.3 Å². The van der Waals surface area contributed by atoms with E-state index in [1.54, 1.807) is 33.1 Å². The van der Waals surface area contributed by atoms with Crippen LogP contribution in [-0.2, 0) is 14.3 Å². The highest BCUT2D eigenvalue weighted by Gasteiger charge is 2.36. The van der Waals surface area contributed by atoms with E-state index in [0.717, 1.165) is 18.7 Å². The molecule has 2 aliphatic heterocycles. The SMILES string of the molecule is CCOC(=O)C1=C(C[NH+]2CCN(C(C)=O)CC2)NC(=O)N[C@H]1c1ccc(OC)cc1. The number of hydrogen-bond acceptors (Lipinski definition) is 5. The van der Waals surface area contributed by atoms with E-state index in [1.807, 2.05) is 17.0 Å².